The van der Waals surface area contributed by atoms with Gasteiger partial charge in [-0.2, -0.15) is 0 Å². The largest absolute Gasteiger partial charge is 0.294 e. The van der Waals surface area contributed by atoms with E-state index in [9.17, 15) is 9.18 Å². The molecule has 0 fully saturated rings. The minimum absolute atomic E-state index is 0.0135. The molecule has 0 atom stereocenters. The zero-order valence-corrected chi connectivity index (χ0v) is 12.6. The Morgan fingerprint density at radius 1 is 1.26 bits per heavy atom. The van der Waals surface area contributed by atoms with Gasteiger partial charge in [0, 0.05) is 16.5 Å². The van der Waals surface area contributed by atoms with Gasteiger partial charge in [-0.1, -0.05) is 41.9 Å². The van der Waals surface area contributed by atoms with E-state index in [4.69, 9.17) is 11.6 Å². The molecule has 0 aromatic heterocycles. The lowest BCUT2D eigenvalue weighted by Gasteiger charge is -2.08. The highest BCUT2D eigenvalue weighted by molar-refractivity contribution is 9.10. The summed E-state index contributed by atoms with van der Waals surface area (Å²) in [7, 11) is 0. The summed E-state index contributed by atoms with van der Waals surface area (Å²) in [4.78, 5) is 12.2. The van der Waals surface area contributed by atoms with E-state index in [0.29, 0.717) is 11.1 Å². The van der Waals surface area contributed by atoms with Gasteiger partial charge >= 0.3 is 0 Å². The van der Waals surface area contributed by atoms with Crippen LogP contribution in [0.1, 0.15) is 21.5 Å². The lowest BCUT2D eigenvalue weighted by atomic mass is 10.0. The van der Waals surface area contributed by atoms with Gasteiger partial charge in [-0.15, -0.1) is 0 Å². The van der Waals surface area contributed by atoms with Gasteiger partial charge in [0.05, 0.1) is 5.02 Å². The van der Waals surface area contributed by atoms with Crippen molar-refractivity contribution < 1.29 is 9.18 Å². The minimum Gasteiger partial charge on any atom is -0.294 e. The van der Waals surface area contributed by atoms with Crippen molar-refractivity contribution in [1.82, 2.24) is 0 Å². The number of halogens is 3. The minimum atomic E-state index is -0.504. The molecule has 2 rings (SSSR count). The molecule has 0 aliphatic heterocycles. The van der Waals surface area contributed by atoms with Crippen molar-refractivity contribution >= 4 is 33.3 Å². The molecule has 2 aromatic carbocycles. The zero-order chi connectivity index (χ0) is 14.0. The first-order chi connectivity index (χ1) is 9.00. The van der Waals surface area contributed by atoms with Crippen LogP contribution in [0.4, 0.5) is 4.39 Å². The monoisotopic (exact) mass is 340 g/mol. The second kappa shape index (κ2) is 5.85. The quantitative estimate of drug-likeness (QED) is 0.720. The van der Waals surface area contributed by atoms with Crippen LogP contribution in [0, 0.1) is 12.7 Å². The highest BCUT2D eigenvalue weighted by atomic mass is 79.9. The maximum atomic E-state index is 13.3. The molecule has 98 valence electrons. The molecule has 0 saturated heterocycles. The van der Waals surface area contributed by atoms with Crippen LogP contribution in [0.2, 0.25) is 5.02 Å². The summed E-state index contributed by atoms with van der Waals surface area (Å²) < 4.78 is 14.1. The number of hydrogen-bond donors (Lipinski definition) is 0. The van der Waals surface area contributed by atoms with Gasteiger partial charge in [0.15, 0.2) is 5.78 Å². The maximum absolute atomic E-state index is 13.3. The zero-order valence-electron chi connectivity index (χ0n) is 10.2. The lowest BCUT2D eigenvalue weighted by Crippen LogP contribution is -2.06. The van der Waals surface area contributed by atoms with E-state index in [-0.39, 0.29) is 17.2 Å². The molecule has 0 amide bonds. The number of aryl methyl sites for hydroxylation is 1. The lowest BCUT2D eigenvalue weighted by molar-refractivity contribution is 0.0992. The third-order valence-corrected chi connectivity index (χ3v) is 4.35. The summed E-state index contributed by atoms with van der Waals surface area (Å²) in [6.45, 7) is 1.91. The van der Waals surface area contributed by atoms with Crippen LogP contribution >= 0.6 is 27.5 Å². The van der Waals surface area contributed by atoms with Crippen molar-refractivity contribution in [1.29, 1.82) is 0 Å². The van der Waals surface area contributed by atoms with E-state index in [1.807, 2.05) is 19.1 Å². The van der Waals surface area contributed by atoms with Gasteiger partial charge in [-0.25, -0.2) is 4.39 Å². The van der Waals surface area contributed by atoms with E-state index in [0.717, 1.165) is 10.0 Å². The Labute approximate surface area is 124 Å². The van der Waals surface area contributed by atoms with Crippen molar-refractivity contribution in [2.75, 3.05) is 0 Å². The summed E-state index contributed by atoms with van der Waals surface area (Å²) in [5, 5.41) is 0.0135. The summed E-state index contributed by atoms with van der Waals surface area (Å²) in [6.07, 6.45) is 0.0820. The predicted molar refractivity (Wildman–Crippen MR) is 78.3 cm³/mol. The number of carbonyl (C=O) groups excluding carboxylic acids is 1. The van der Waals surface area contributed by atoms with Crippen molar-refractivity contribution in [2.24, 2.45) is 0 Å². The number of Topliss-reactive ketones (excluding diaryl/α,β-unsaturated/α-hetero) is 1. The van der Waals surface area contributed by atoms with Crippen LogP contribution in [0.25, 0.3) is 0 Å². The van der Waals surface area contributed by atoms with Crippen molar-refractivity contribution in [3.63, 3.8) is 0 Å². The molecule has 0 saturated carbocycles. The summed E-state index contributed by atoms with van der Waals surface area (Å²) >= 11 is 9.26. The summed E-state index contributed by atoms with van der Waals surface area (Å²) in [6, 6.07) is 9.96. The number of benzene rings is 2. The van der Waals surface area contributed by atoms with E-state index in [1.54, 1.807) is 18.2 Å². The Morgan fingerprint density at radius 3 is 2.68 bits per heavy atom. The average Bonchev–Trinajstić information content (AvgIpc) is 2.38. The van der Waals surface area contributed by atoms with Crippen molar-refractivity contribution in [3.05, 3.63) is 68.4 Å². The number of carbonyl (C=O) groups is 1. The Kier molecular flexibility index (Phi) is 4.38. The van der Waals surface area contributed by atoms with Gasteiger partial charge < -0.3 is 0 Å². The normalized spacial score (nSPS) is 10.5. The molecule has 0 heterocycles. The third-order valence-electron chi connectivity index (χ3n) is 2.87. The van der Waals surface area contributed by atoms with Crippen LogP contribution in [0.15, 0.2) is 40.9 Å². The van der Waals surface area contributed by atoms with Crippen LogP contribution in [-0.2, 0) is 6.42 Å². The van der Waals surface area contributed by atoms with Gasteiger partial charge in [0.1, 0.15) is 5.82 Å². The SMILES string of the molecule is Cc1cccc(C(=O)Cc2cccc(F)c2Cl)c1Br. The molecule has 1 nitrogen and oxygen atoms in total. The Morgan fingerprint density at radius 2 is 1.95 bits per heavy atom. The smallest absolute Gasteiger partial charge is 0.168 e. The number of ketones is 1. The first-order valence-corrected chi connectivity index (χ1v) is 6.89. The molecule has 0 unspecified atom stereocenters. The first-order valence-electron chi connectivity index (χ1n) is 5.72. The average molecular weight is 342 g/mol. The molecular formula is C15H11BrClFO. The molecule has 0 bridgehead atoms. The van der Waals surface area contributed by atoms with Crippen LogP contribution in [-0.4, -0.2) is 5.78 Å². The Bertz CT molecular complexity index is 640. The molecule has 2 aromatic rings. The van der Waals surface area contributed by atoms with E-state index < -0.39 is 5.82 Å². The van der Waals surface area contributed by atoms with Crippen molar-refractivity contribution in [3.8, 4) is 0 Å². The molecule has 0 spiro atoms. The maximum Gasteiger partial charge on any atom is 0.168 e. The molecule has 0 N–H and O–H groups in total. The summed E-state index contributed by atoms with van der Waals surface area (Å²) in [5.74, 6) is -0.599. The van der Waals surface area contributed by atoms with Gasteiger partial charge in [-0.3, -0.25) is 4.79 Å². The standard InChI is InChI=1S/C15H11BrClFO/c1-9-4-2-6-11(14(9)16)13(19)8-10-5-3-7-12(18)15(10)17/h2-7H,8H2,1H3. The Hall–Kier alpha value is -1.19. The fourth-order valence-electron chi connectivity index (χ4n) is 1.82. The highest BCUT2D eigenvalue weighted by Crippen LogP contribution is 2.25. The molecule has 4 heteroatoms. The topological polar surface area (TPSA) is 17.1 Å². The number of rotatable bonds is 3. The molecule has 0 aliphatic carbocycles. The molecule has 0 aliphatic rings. The molecule has 0 radical (unpaired) electrons. The number of hydrogen-bond acceptors (Lipinski definition) is 1. The van der Waals surface area contributed by atoms with Gasteiger partial charge in [0.25, 0.3) is 0 Å². The molecular weight excluding hydrogens is 331 g/mol. The fourth-order valence-corrected chi connectivity index (χ4v) is 2.49. The van der Waals surface area contributed by atoms with Gasteiger partial charge in [-0.05, 0) is 40.0 Å². The van der Waals surface area contributed by atoms with E-state index >= 15 is 0 Å². The second-order valence-corrected chi connectivity index (χ2v) is 5.42. The predicted octanol–water partition coefficient (Wildman–Crippen LogP) is 4.98. The van der Waals surface area contributed by atoms with E-state index in [1.165, 1.54) is 6.07 Å². The van der Waals surface area contributed by atoms with Crippen LogP contribution < -0.4 is 0 Å². The van der Waals surface area contributed by atoms with Crippen LogP contribution in [0.3, 0.4) is 0 Å². The highest BCUT2D eigenvalue weighted by Gasteiger charge is 2.15. The first kappa shape index (κ1) is 14.2. The third kappa shape index (κ3) is 3.04. The summed E-state index contributed by atoms with van der Waals surface area (Å²) in [5.41, 5.74) is 2.07. The van der Waals surface area contributed by atoms with Gasteiger partial charge in [0.2, 0.25) is 0 Å². The second-order valence-electron chi connectivity index (χ2n) is 4.25. The Balaban J connectivity index is 2.31. The fraction of sp³-hybridized carbons (Fsp3) is 0.133. The van der Waals surface area contributed by atoms with E-state index in [2.05, 4.69) is 15.9 Å². The van der Waals surface area contributed by atoms with Crippen LogP contribution in [0.5, 0.6) is 0 Å². The molecule has 19 heavy (non-hydrogen) atoms. The van der Waals surface area contributed by atoms with Crippen molar-refractivity contribution in [2.45, 2.75) is 13.3 Å².